The number of alkyl halides is 1. The van der Waals surface area contributed by atoms with Crippen LogP contribution in [0.4, 0.5) is 0 Å². The maximum Gasteiger partial charge on any atom is 0.151 e. The zero-order valence-corrected chi connectivity index (χ0v) is 16.1. The van der Waals surface area contributed by atoms with E-state index < -0.39 is 0 Å². The van der Waals surface area contributed by atoms with Gasteiger partial charge in [0.05, 0.1) is 5.88 Å². The van der Waals surface area contributed by atoms with E-state index in [2.05, 4.69) is 58.6 Å². The number of halogens is 1. The van der Waals surface area contributed by atoms with Gasteiger partial charge in [0.2, 0.25) is 0 Å². The SMILES string of the molecule is CC(C)=CCCC(C)=CCCC(C)=CCC(CS)C(=O)CCl. The molecule has 22 heavy (non-hydrogen) atoms. The van der Waals surface area contributed by atoms with Crippen LogP contribution in [0.2, 0.25) is 0 Å². The number of hydrogen-bond donors (Lipinski definition) is 1. The van der Waals surface area contributed by atoms with E-state index in [0.29, 0.717) is 5.75 Å². The first-order chi connectivity index (χ1) is 10.4. The predicted octanol–water partition coefficient (Wildman–Crippen LogP) is 6.15. The van der Waals surface area contributed by atoms with Gasteiger partial charge in [-0.1, -0.05) is 34.9 Å². The standard InChI is InChI=1S/C19H31ClOS/c1-15(2)7-5-8-16(3)9-6-10-17(4)11-12-18(14-22)19(21)13-20/h7,9,11,18,22H,5-6,8,10,12-14H2,1-4H3. The molecule has 1 nitrogen and oxygen atoms in total. The maximum atomic E-state index is 11.6. The zero-order chi connectivity index (χ0) is 17.0. The Morgan fingerprint density at radius 1 is 1.00 bits per heavy atom. The molecule has 0 N–H and O–H groups in total. The number of rotatable bonds is 11. The van der Waals surface area contributed by atoms with Crippen LogP contribution < -0.4 is 0 Å². The van der Waals surface area contributed by atoms with Gasteiger partial charge in [0.1, 0.15) is 0 Å². The molecule has 1 unspecified atom stereocenters. The third kappa shape index (κ3) is 11.1. The van der Waals surface area contributed by atoms with Crippen LogP contribution in [-0.2, 0) is 4.79 Å². The lowest BCUT2D eigenvalue weighted by molar-refractivity contribution is -0.119. The summed E-state index contributed by atoms with van der Waals surface area (Å²) in [5, 5.41) is 0. The van der Waals surface area contributed by atoms with Gasteiger partial charge in [-0.15, -0.1) is 11.6 Å². The molecule has 0 heterocycles. The van der Waals surface area contributed by atoms with E-state index >= 15 is 0 Å². The minimum atomic E-state index is -0.0443. The molecule has 0 aliphatic rings. The Bertz CT molecular complexity index is 417. The highest BCUT2D eigenvalue weighted by atomic mass is 35.5. The van der Waals surface area contributed by atoms with Crippen molar-refractivity contribution in [2.24, 2.45) is 5.92 Å². The highest BCUT2D eigenvalue weighted by Gasteiger charge is 2.13. The molecule has 0 aliphatic carbocycles. The lowest BCUT2D eigenvalue weighted by Gasteiger charge is -2.09. The Morgan fingerprint density at radius 2 is 1.55 bits per heavy atom. The summed E-state index contributed by atoms with van der Waals surface area (Å²) in [4.78, 5) is 11.6. The molecular formula is C19H31ClOS. The predicted molar refractivity (Wildman–Crippen MR) is 103 cm³/mol. The van der Waals surface area contributed by atoms with Crippen LogP contribution >= 0.6 is 24.2 Å². The van der Waals surface area contributed by atoms with Gasteiger partial charge in [-0.2, -0.15) is 12.6 Å². The second-order valence-electron chi connectivity index (χ2n) is 6.17. The van der Waals surface area contributed by atoms with E-state index in [1.54, 1.807) is 0 Å². The fourth-order valence-corrected chi connectivity index (χ4v) is 2.67. The number of hydrogen-bond acceptors (Lipinski definition) is 2. The molecule has 0 aromatic rings. The fourth-order valence-electron chi connectivity index (χ4n) is 2.10. The van der Waals surface area contributed by atoms with Crippen LogP contribution in [0.5, 0.6) is 0 Å². The van der Waals surface area contributed by atoms with Gasteiger partial charge in [0.25, 0.3) is 0 Å². The summed E-state index contributed by atoms with van der Waals surface area (Å²) in [5.41, 5.74) is 4.18. The van der Waals surface area contributed by atoms with E-state index in [1.807, 2.05) is 0 Å². The average Bonchev–Trinajstić information content (AvgIpc) is 2.47. The van der Waals surface area contributed by atoms with Crippen molar-refractivity contribution in [3.8, 4) is 0 Å². The van der Waals surface area contributed by atoms with Gasteiger partial charge in [-0.05, 0) is 59.8 Å². The number of allylic oxidation sites excluding steroid dienone is 6. The molecule has 0 aromatic carbocycles. The topological polar surface area (TPSA) is 17.1 Å². The summed E-state index contributed by atoms with van der Waals surface area (Å²) < 4.78 is 0. The lowest BCUT2D eigenvalue weighted by Crippen LogP contribution is -2.16. The molecular weight excluding hydrogens is 312 g/mol. The van der Waals surface area contributed by atoms with E-state index in [9.17, 15) is 4.79 Å². The molecule has 0 amide bonds. The van der Waals surface area contributed by atoms with Crippen molar-refractivity contribution >= 4 is 30.0 Å². The van der Waals surface area contributed by atoms with Crippen molar-refractivity contribution in [3.05, 3.63) is 34.9 Å². The number of thiol groups is 1. The summed E-state index contributed by atoms with van der Waals surface area (Å²) in [6.07, 6.45) is 11.9. The summed E-state index contributed by atoms with van der Waals surface area (Å²) in [7, 11) is 0. The fraction of sp³-hybridized carbons (Fsp3) is 0.632. The molecule has 0 saturated heterocycles. The maximum absolute atomic E-state index is 11.6. The summed E-state index contributed by atoms with van der Waals surface area (Å²) in [6, 6.07) is 0. The zero-order valence-electron chi connectivity index (χ0n) is 14.5. The van der Waals surface area contributed by atoms with Gasteiger partial charge in [-0.25, -0.2) is 0 Å². The first-order valence-electron chi connectivity index (χ1n) is 8.04. The Hall–Kier alpha value is -0.470. The number of carbonyl (C=O) groups is 1. The van der Waals surface area contributed by atoms with E-state index in [-0.39, 0.29) is 17.6 Å². The van der Waals surface area contributed by atoms with E-state index in [1.165, 1.54) is 16.7 Å². The second kappa shape index (κ2) is 13.0. The molecule has 3 heteroatoms. The van der Waals surface area contributed by atoms with Crippen LogP contribution in [-0.4, -0.2) is 17.4 Å². The van der Waals surface area contributed by atoms with E-state index in [4.69, 9.17) is 11.6 Å². The molecule has 0 radical (unpaired) electrons. The van der Waals surface area contributed by atoms with Gasteiger partial charge < -0.3 is 0 Å². The summed E-state index contributed by atoms with van der Waals surface area (Å²) in [5.74, 6) is 0.706. The summed E-state index contributed by atoms with van der Waals surface area (Å²) in [6.45, 7) is 8.61. The average molecular weight is 343 g/mol. The van der Waals surface area contributed by atoms with Crippen LogP contribution in [0.1, 0.15) is 59.8 Å². The van der Waals surface area contributed by atoms with E-state index in [0.717, 1.165) is 32.1 Å². The van der Waals surface area contributed by atoms with Gasteiger partial charge in [0, 0.05) is 11.7 Å². The Morgan fingerprint density at radius 3 is 2.05 bits per heavy atom. The van der Waals surface area contributed by atoms with Crippen molar-refractivity contribution in [2.75, 3.05) is 11.6 Å². The summed E-state index contributed by atoms with van der Waals surface area (Å²) >= 11 is 9.84. The van der Waals surface area contributed by atoms with Gasteiger partial charge in [-0.3, -0.25) is 4.79 Å². The van der Waals surface area contributed by atoms with Crippen molar-refractivity contribution in [1.82, 2.24) is 0 Å². The Labute approximate surface area is 147 Å². The molecule has 0 fully saturated rings. The molecule has 1 atom stereocenters. The van der Waals surface area contributed by atoms with Crippen molar-refractivity contribution in [3.63, 3.8) is 0 Å². The largest absolute Gasteiger partial charge is 0.298 e. The van der Waals surface area contributed by atoms with Crippen molar-refractivity contribution in [2.45, 2.75) is 59.8 Å². The number of Topliss-reactive ketones (excluding diaryl/α,β-unsaturated/α-hetero) is 1. The van der Waals surface area contributed by atoms with Crippen molar-refractivity contribution in [1.29, 1.82) is 0 Å². The molecule has 0 aliphatic heterocycles. The molecule has 0 rings (SSSR count). The van der Waals surface area contributed by atoms with Crippen LogP contribution in [0, 0.1) is 5.92 Å². The van der Waals surface area contributed by atoms with Crippen molar-refractivity contribution < 1.29 is 4.79 Å². The Kier molecular flexibility index (Phi) is 12.7. The first kappa shape index (κ1) is 21.5. The monoisotopic (exact) mass is 342 g/mol. The number of ketones is 1. The highest BCUT2D eigenvalue weighted by molar-refractivity contribution is 7.80. The molecule has 0 aromatic heterocycles. The molecule has 0 saturated carbocycles. The Balaban J connectivity index is 4.15. The quantitative estimate of drug-likeness (QED) is 0.271. The van der Waals surface area contributed by atoms with Crippen LogP contribution in [0.15, 0.2) is 34.9 Å². The minimum Gasteiger partial charge on any atom is -0.298 e. The molecule has 0 bridgehead atoms. The third-order valence-electron chi connectivity index (χ3n) is 3.68. The van der Waals surface area contributed by atoms with Gasteiger partial charge in [0.15, 0.2) is 5.78 Å². The lowest BCUT2D eigenvalue weighted by atomic mass is 10.00. The first-order valence-corrected chi connectivity index (χ1v) is 9.21. The third-order valence-corrected chi connectivity index (χ3v) is 4.39. The molecule has 126 valence electrons. The smallest absolute Gasteiger partial charge is 0.151 e. The van der Waals surface area contributed by atoms with Gasteiger partial charge >= 0.3 is 0 Å². The highest BCUT2D eigenvalue weighted by Crippen LogP contribution is 2.15. The second-order valence-corrected chi connectivity index (χ2v) is 6.81. The van der Waals surface area contributed by atoms with Crippen LogP contribution in [0.25, 0.3) is 0 Å². The minimum absolute atomic E-state index is 0.0443. The van der Waals surface area contributed by atoms with Crippen LogP contribution in [0.3, 0.4) is 0 Å². The number of carbonyl (C=O) groups excluding carboxylic acids is 1. The normalized spacial score (nSPS) is 13.9. The molecule has 0 spiro atoms.